The van der Waals surface area contributed by atoms with Crippen LogP contribution < -0.4 is 0 Å². The van der Waals surface area contributed by atoms with Crippen molar-refractivity contribution in [3.8, 4) is 0 Å². The van der Waals surface area contributed by atoms with Gasteiger partial charge in [0.1, 0.15) is 6.10 Å². The summed E-state index contributed by atoms with van der Waals surface area (Å²) in [5.41, 5.74) is 0. The Kier molecular flexibility index (Phi) is 2.99. The molecule has 0 aromatic heterocycles. The van der Waals surface area contributed by atoms with Crippen LogP contribution in [0.4, 0.5) is 0 Å². The van der Waals surface area contributed by atoms with Gasteiger partial charge < -0.3 is 9.47 Å². The van der Waals surface area contributed by atoms with E-state index >= 15 is 0 Å². The van der Waals surface area contributed by atoms with Crippen LogP contribution in [0.1, 0.15) is 19.3 Å². The molecule has 4 atom stereocenters. The molecule has 0 aromatic rings. The Morgan fingerprint density at radius 3 is 2.50 bits per heavy atom. The molecule has 0 radical (unpaired) electrons. The minimum Gasteiger partial charge on any atom is -0.469 e. The average Bonchev–Trinajstić information content (AvgIpc) is 2.87. The highest BCUT2D eigenvalue weighted by Crippen LogP contribution is 2.50. The van der Waals surface area contributed by atoms with E-state index in [1.54, 1.807) is 0 Å². The quantitative estimate of drug-likeness (QED) is 0.535. The van der Waals surface area contributed by atoms with Crippen molar-refractivity contribution in [1.82, 2.24) is 0 Å². The van der Waals surface area contributed by atoms with E-state index in [0.717, 1.165) is 19.3 Å². The summed E-state index contributed by atoms with van der Waals surface area (Å²) in [4.78, 5) is 22.5. The molecule has 88 valence electrons. The highest BCUT2D eigenvalue weighted by atomic mass is 16.5. The summed E-state index contributed by atoms with van der Waals surface area (Å²) < 4.78 is 10.0. The Morgan fingerprint density at radius 1 is 1.25 bits per heavy atom. The molecular formula is C12H16O4. The maximum absolute atomic E-state index is 11.4. The van der Waals surface area contributed by atoms with Gasteiger partial charge >= 0.3 is 11.9 Å². The third-order valence-corrected chi connectivity index (χ3v) is 3.73. The molecule has 2 rings (SSSR count). The van der Waals surface area contributed by atoms with Gasteiger partial charge in [-0.2, -0.15) is 0 Å². The molecule has 0 N–H and O–H groups in total. The maximum atomic E-state index is 11.4. The van der Waals surface area contributed by atoms with Crippen LogP contribution in [0.25, 0.3) is 0 Å². The Labute approximate surface area is 94.6 Å². The highest BCUT2D eigenvalue weighted by molar-refractivity contribution is 5.81. The summed E-state index contributed by atoms with van der Waals surface area (Å²) in [5.74, 6) is 0.153. The molecule has 2 bridgehead atoms. The maximum Gasteiger partial charge on any atom is 0.330 e. The molecule has 2 fully saturated rings. The molecule has 2 aliphatic carbocycles. The van der Waals surface area contributed by atoms with Crippen molar-refractivity contribution < 1.29 is 19.1 Å². The van der Waals surface area contributed by atoms with Gasteiger partial charge in [0, 0.05) is 6.08 Å². The van der Waals surface area contributed by atoms with Crippen LogP contribution in [0.2, 0.25) is 0 Å². The van der Waals surface area contributed by atoms with Crippen LogP contribution in [-0.4, -0.2) is 25.2 Å². The smallest absolute Gasteiger partial charge is 0.330 e. The molecule has 4 nitrogen and oxygen atoms in total. The summed E-state index contributed by atoms with van der Waals surface area (Å²) in [6, 6.07) is 0. The first-order valence-corrected chi connectivity index (χ1v) is 5.56. The van der Waals surface area contributed by atoms with Gasteiger partial charge in [-0.15, -0.1) is 0 Å². The van der Waals surface area contributed by atoms with E-state index in [0.29, 0.717) is 11.8 Å². The molecule has 0 saturated heterocycles. The minimum atomic E-state index is -0.368. The number of hydrogen-bond acceptors (Lipinski definition) is 4. The number of esters is 2. The first-order chi connectivity index (χ1) is 7.65. The summed E-state index contributed by atoms with van der Waals surface area (Å²) in [6.45, 7) is 3.37. The van der Waals surface area contributed by atoms with E-state index < -0.39 is 0 Å². The fraction of sp³-hybridized carbons (Fsp3) is 0.667. The summed E-state index contributed by atoms with van der Waals surface area (Å²) in [7, 11) is 1.42. The zero-order valence-corrected chi connectivity index (χ0v) is 9.35. The second kappa shape index (κ2) is 4.28. The zero-order valence-electron chi connectivity index (χ0n) is 9.35. The van der Waals surface area contributed by atoms with Crippen LogP contribution >= 0.6 is 0 Å². The van der Waals surface area contributed by atoms with Crippen molar-refractivity contribution in [1.29, 1.82) is 0 Å². The molecule has 4 unspecified atom stereocenters. The number of fused-ring (bicyclic) bond motifs is 2. The van der Waals surface area contributed by atoms with Gasteiger partial charge in [-0.3, -0.25) is 4.79 Å². The van der Waals surface area contributed by atoms with Gasteiger partial charge in [-0.25, -0.2) is 4.79 Å². The van der Waals surface area contributed by atoms with E-state index in [2.05, 4.69) is 6.58 Å². The summed E-state index contributed by atoms with van der Waals surface area (Å²) >= 11 is 0. The van der Waals surface area contributed by atoms with Gasteiger partial charge in [-0.1, -0.05) is 6.58 Å². The second-order valence-corrected chi connectivity index (χ2v) is 4.54. The average molecular weight is 224 g/mol. The van der Waals surface area contributed by atoms with Gasteiger partial charge in [-0.05, 0) is 31.1 Å². The standard InChI is InChI=1S/C12H16O4/c1-3-11(13)16-10-6-7-4-8(10)5-9(7)12(14)15-2/h3,7-10H,1,4-6H2,2H3. The van der Waals surface area contributed by atoms with E-state index in [-0.39, 0.29) is 24.0 Å². The largest absolute Gasteiger partial charge is 0.469 e. The predicted molar refractivity (Wildman–Crippen MR) is 56.4 cm³/mol. The van der Waals surface area contributed by atoms with Crippen molar-refractivity contribution in [2.24, 2.45) is 17.8 Å². The van der Waals surface area contributed by atoms with E-state index in [1.165, 1.54) is 13.2 Å². The first-order valence-electron chi connectivity index (χ1n) is 5.56. The summed E-state index contributed by atoms with van der Waals surface area (Å²) in [5, 5.41) is 0. The monoisotopic (exact) mass is 224 g/mol. The normalized spacial score (nSPS) is 35.8. The second-order valence-electron chi connectivity index (χ2n) is 4.54. The third-order valence-electron chi connectivity index (χ3n) is 3.73. The lowest BCUT2D eigenvalue weighted by atomic mass is 9.87. The van der Waals surface area contributed by atoms with Gasteiger partial charge in [0.25, 0.3) is 0 Å². The van der Waals surface area contributed by atoms with Crippen LogP contribution in [0.5, 0.6) is 0 Å². The lowest BCUT2D eigenvalue weighted by Crippen LogP contribution is -2.30. The molecule has 2 aliphatic rings. The van der Waals surface area contributed by atoms with Crippen LogP contribution in [0, 0.1) is 17.8 Å². The predicted octanol–water partition coefficient (Wildman–Crippen LogP) is 1.30. The number of methoxy groups -OCH3 is 1. The SMILES string of the molecule is C=CC(=O)OC1CC2CC1CC2C(=O)OC. The van der Waals surface area contributed by atoms with E-state index in [4.69, 9.17) is 9.47 Å². The van der Waals surface area contributed by atoms with Crippen molar-refractivity contribution in [3.05, 3.63) is 12.7 Å². The number of hydrogen-bond donors (Lipinski definition) is 0. The first kappa shape index (κ1) is 11.2. The van der Waals surface area contributed by atoms with E-state index in [1.807, 2.05) is 0 Å². The van der Waals surface area contributed by atoms with Crippen molar-refractivity contribution >= 4 is 11.9 Å². The van der Waals surface area contributed by atoms with Crippen molar-refractivity contribution in [3.63, 3.8) is 0 Å². The lowest BCUT2D eigenvalue weighted by Gasteiger charge is -2.25. The molecule has 0 amide bonds. The molecule has 4 heteroatoms. The molecule has 0 aromatic carbocycles. The summed E-state index contributed by atoms with van der Waals surface area (Å²) in [6.07, 6.45) is 3.69. The Hall–Kier alpha value is -1.32. The fourth-order valence-corrected chi connectivity index (χ4v) is 3.00. The Balaban J connectivity index is 1.93. The van der Waals surface area contributed by atoms with Gasteiger partial charge in [0.05, 0.1) is 13.0 Å². The molecule has 16 heavy (non-hydrogen) atoms. The van der Waals surface area contributed by atoms with Crippen molar-refractivity contribution in [2.45, 2.75) is 25.4 Å². The number of rotatable bonds is 3. The molecule has 0 spiro atoms. The number of carbonyl (C=O) groups excluding carboxylic acids is 2. The van der Waals surface area contributed by atoms with Crippen LogP contribution in [0.3, 0.4) is 0 Å². The molecule has 2 saturated carbocycles. The number of ether oxygens (including phenoxy) is 2. The topological polar surface area (TPSA) is 52.6 Å². The van der Waals surface area contributed by atoms with Crippen LogP contribution in [-0.2, 0) is 19.1 Å². The van der Waals surface area contributed by atoms with Gasteiger partial charge in [0.2, 0.25) is 0 Å². The third kappa shape index (κ3) is 1.84. The molecular weight excluding hydrogens is 208 g/mol. The lowest BCUT2D eigenvalue weighted by molar-refractivity contribution is -0.150. The minimum absolute atomic E-state index is 0.00804. The van der Waals surface area contributed by atoms with Gasteiger partial charge in [0.15, 0.2) is 0 Å². The van der Waals surface area contributed by atoms with E-state index in [9.17, 15) is 9.59 Å². The Bertz CT molecular complexity index is 323. The van der Waals surface area contributed by atoms with Crippen LogP contribution in [0.15, 0.2) is 12.7 Å². The zero-order chi connectivity index (χ0) is 11.7. The Morgan fingerprint density at radius 2 is 2.00 bits per heavy atom. The molecule has 0 aliphatic heterocycles. The fourth-order valence-electron chi connectivity index (χ4n) is 3.00. The highest BCUT2D eigenvalue weighted by Gasteiger charge is 2.50. The number of carbonyl (C=O) groups is 2. The van der Waals surface area contributed by atoms with Crippen molar-refractivity contribution in [2.75, 3.05) is 7.11 Å². The molecule has 0 heterocycles.